The van der Waals surface area contributed by atoms with Gasteiger partial charge in [-0.25, -0.2) is 0 Å². The monoisotopic (exact) mass is 192 g/mol. The molecule has 1 heteroatoms. The van der Waals surface area contributed by atoms with Gasteiger partial charge in [-0.05, 0) is 61.7 Å². The fourth-order valence-electron chi connectivity index (χ4n) is 5.18. The van der Waals surface area contributed by atoms with Crippen LogP contribution in [0.5, 0.6) is 0 Å². The summed E-state index contributed by atoms with van der Waals surface area (Å²) in [6.07, 6.45) is 7.83. The molecule has 0 aromatic heterocycles. The Morgan fingerprint density at radius 3 is 2.14 bits per heavy atom. The maximum absolute atomic E-state index is 5.38. The van der Waals surface area contributed by atoms with Crippen molar-refractivity contribution < 1.29 is 4.74 Å². The van der Waals surface area contributed by atoms with Crippen LogP contribution in [0.3, 0.4) is 0 Å². The lowest BCUT2D eigenvalue weighted by Crippen LogP contribution is -2.38. The molecule has 0 aromatic rings. The van der Waals surface area contributed by atoms with Crippen LogP contribution in [0.15, 0.2) is 0 Å². The summed E-state index contributed by atoms with van der Waals surface area (Å²) >= 11 is 0. The summed E-state index contributed by atoms with van der Waals surface area (Å²) in [5, 5.41) is 0. The van der Waals surface area contributed by atoms with Crippen LogP contribution in [0.2, 0.25) is 0 Å². The maximum Gasteiger partial charge on any atom is 0.0519 e. The normalized spacial score (nSPS) is 56.1. The van der Waals surface area contributed by atoms with E-state index in [-0.39, 0.29) is 0 Å². The van der Waals surface area contributed by atoms with Crippen molar-refractivity contribution in [3.63, 3.8) is 0 Å². The summed E-state index contributed by atoms with van der Waals surface area (Å²) in [4.78, 5) is 0. The second kappa shape index (κ2) is 2.75. The van der Waals surface area contributed by atoms with E-state index in [2.05, 4.69) is 0 Å². The van der Waals surface area contributed by atoms with Gasteiger partial charge in [0, 0.05) is 5.92 Å². The molecule has 5 atom stereocenters. The number of hydrogen-bond donors (Lipinski definition) is 0. The summed E-state index contributed by atoms with van der Waals surface area (Å²) in [6, 6.07) is 0. The second-order valence-electron chi connectivity index (χ2n) is 6.11. The van der Waals surface area contributed by atoms with E-state index in [0.29, 0.717) is 0 Å². The Bertz CT molecular complexity index is 246. The van der Waals surface area contributed by atoms with Crippen LogP contribution in [0, 0.1) is 35.5 Å². The van der Waals surface area contributed by atoms with Crippen molar-refractivity contribution in [3.05, 3.63) is 0 Å². The molecule has 0 spiro atoms. The largest absolute Gasteiger partial charge is 0.381 e. The van der Waals surface area contributed by atoms with E-state index in [1.165, 1.54) is 6.42 Å². The Balaban J connectivity index is 1.59. The Morgan fingerprint density at radius 2 is 1.43 bits per heavy atom. The summed E-state index contributed by atoms with van der Waals surface area (Å²) in [5.74, 6) is 6.62. The zero-order valence-corrected chi connectivity index (χ0v) is 8.82. The molecular weight excluding hydrogens is 172 g/mol. The van der Waals surface area contributed by atoms with Crippen LogP contribution in [0.25, 0.3) is 0 Å². The first-order valence-corrected chi connectivity index (χ1v) is 6.51. The molecule has 4 fully saturated rings. The number of hydrogen-bond acceptors (Lipinski definition) is 1. The topological polar surface area (TPSA) is 9.23 Å². The minimum absolute atomic E-state index is 0.962. The zero-order chi connectivity index (χ0) is 9.12. The molecule has 4 rings (SSSR count). The lowest BCUT2D eigenvalue weighted by molar-refractivity contribution is -0.0746. The van der Waals surface area contributed by atoms with Crippen molar-refractivity contribution >= 4 is 0 Å². The van der Waals surface area contributed by atoms with Gasteiger partial charge >= 0.3 is 0 Å². The van der Waals surface area contributed by atoms with Gasteiger partial charge in [0.25, 0.3) is 0 Å². The summed E-state index contributed by atoms with van der Waals surface area (Å²) in [7, 11) is 0. The molecule has 4 aliphatic rings. The Labute approximate surface area is 86.2 Å². The fourth-order valence-corrected chi connectivity index (χ4v) is 5.18. The minimum Gasteiger partial charge on any atom is -0.381 e. The van der Waals surface area contributed by atoms with Crippen molar-refractivity contribution in [2.24, 2.45) is 35.5 Å². The van der Waals surface area contributed by atoms with E-state index in [0.717, 1.165) is 48.7 Å². The molecule has 2 bridgehead atoms. The van der Waals surface area contributed by atoms with Crippen molar-refractivity contribution in [2.45, 2.75) is 32.1 Å². The van der Waals surface area contributed by atoms with Crippen LogP contribution in [-0.4, -0.2) is 13.2 Å². The van der Waals surface area contributed by atoms with Crippen LogP contribution >= 0.6 is 0 Å². The van der Waals surface area contributed by atoms with E-state index in [1.54, 1.807) is 25.7 Å². The van der Waals surface area contributed by atoms with E-state index in [4.69, 9.17) is 4.74 Å². The molecule has 78 valence electrons. The first kappa shape index (κ1) is 8.15. The minimum atomic E-state index is 0.962. The quantitative estimate of drug-likeness (QED) is 0.620. The lowest BCUT2D eigenvalue weighted by atomic mass is 9.73. The Hall–Kier alpha value is -0.0400. The predicted octanol–water partition coefficient (Wildman–Crippen LogP) is 2.71. The highest BCUT2D eigenvalue weighted by Gasteiger charge is 2.55. The van der Waals surface area contributed by atoms with Crippen molar-refractivity contribution in [1.82, 2.24) is 0 Å². The average molecular weight is 192 g/mol. The number of rotatable bonds is 1. The summed E-state index contributed by atoms with van der Waals surface area (Å²) < 4.78 is 5.38. The van der Waals surface area contributed by atoms with E-state index in [9.17, 15) is 0 Å². The third kappa shape index (κ3) is 0.900. The summed E-state index contributed by atoms with van der Waals surface area (Å²) in [5.41, 5.74) is 0. The predicted molar refractivity (Wildman–Crippen MR) is 54.8 cm³/mol. The molecule has 1 aliphatic heterocycles. The van der Waals surface area contributed by atoms with Gasteiger partial charge in [-0.2, -0.15) is 0 Å². The zero-order valence-electron chi connectivity index (χ0n) is 8.82. The molecule has 0 radical (unpaired) electrons. The van der Waals surface area contributed by atoms with Crippen molar-refractivity contribution in [2.75, 3.05) is 13.2 Å². The third-order valence-corrected chi connectivity index (χ3v) is 5.76. The Morgan fingerprint density at radius 1 is 0.714 bits per heavy atom. The molecule has 0 N–H and O–H groups in total. The smallest absolute Gasteiger partial charge is 0.0519 e. The fraction of sp³-hybridized carbons (Fsp3) is 1.00. The highest BCUT2D eigenvalue weighted by atomic mass is 16.5. The molecule has 14 heavy (non-hydrogen) atoms. The van der Waals surface area contributed by atoms with Gasteiger partial charge in [-0.1, -0.05) is 0 Å². The first-order valence-electron chi connectivity index (χ1n) is 6.51. The number of fused-ring (bicyclic) bond motifs is 5. The van der Waals surface area contributed by atoms with E-state index >= 15 is 0 Å². The molecule has 0 amide bonds. The van der Waals surface area contributed by atoms with Gasteiger partial charge in [0.2, 0.25) is 0 Å². The van der Waals surface area contributed by atoms with Gasteiger partial charge < -0.3 is 4.74 Å². The van der Waals surface area contributed by atoms with Crippen molar-refractivity contribution in [1.29, 1.82) is 0 Å². The van der Waals surface area contributed by atoms with Gasteiger partial charge in [-0.15, -0.1) is 0 Å². The summed E-state index contributed by atoms with van der Waals surface area (Å²) in [6.45, 7) is 2.18. The first-order chi connectivity index (χ1) is 6.93. The molecular formula is C13H20O. The van der Waals surface area contributed by atoms with Crippen LogP contribution in [-0.2, 0) is 4.74 Å². The molecule has 3 saturated carbocycles. The maximum atomic E-state index is 5.38. The molecule has 1 nitrogen and oxygen atoms in total. The van der Waals surface area contributed by atoms with Gasteiger partial charge in [0.1, 0.15) is 0 Å². The van der Waals surface area contributed by atoms with Crippen LogP contribution in [0.4, 0.5) is 0 Å². The van der Waals surface area contributed by atoms with E-state index in [1.807, 2.05) is 0 Å². The number of ether oxygens (including phenoxy) is 1. The van der Waals surface area contributed by atoms with Crippen molar-refractivity contribution in [3.8, 4) is 0 Å². The molecule has 1 heterocycles. The molecule has 0 aromatic carbocycles. The molecule has 5 unspecified atom stereocenters. The highest BCUT2D eigenvalue weighted by Crippen LogP contribution is 2.62. The molecule has 3 aliphatic carbocycles. The van der Waals surface area contributed by atoms with Gasteiger partial charge in [0.05, 0.1) is 13.2 Å². The SMILES string of the molecule is C1CC2CC1C1CCC(C3COC3)C21. The lowest BCUT2D eigenvalue weighted by Gasteiger charge is -2.38. The standard InChI is InChI=1S/C13H20O/c1-2-9-5-8(1)11-3-4-12(13(9)11)10-6-14-7-10/h8-13H,1-7H2. The molecule has 1 saturated heterocycles. The van der Waals surface area contributed by atoms with E-state index < -0.39 is 0 Å². The van der Waals surface area contributed by atoms with Crippen LogP contribution in [0.1, 0.15) is 32.1 Å². The van der Waals surface area contributed by atoms with Gasteiger partial charge in [0.15, 0.2) is 0 Å². The second-order valence-corrected chi connectivity index (χ2v) is 6.11. The third-order valence-electron chi connectivity index (χ3n) is 5.76. The Kier molecular flexibility index (Phi) is 1.60. The average Bonchev–Trinajstić information content (AvgIpc) is 2.70. The highest BCUT2D eigenvalue weighted by molar-refractivity contribution is 5.04. The van der Waals surface area contributed by atoms with Gasteiger partial charge in [-0.3, -0.25) is 0 Å². The van der Waals surface area contributed by atoms with Crippen LogP contribution < -0.4 is 0 Å².